The van der Waals surface area contributed by atoms with Crippen LogP contribution in [-0.4, -0.2) is 10.8 Å². The van der Waals surface area contributed by atoms with Gasteiger partial charge in [0.05, 0.1) is 23.9 Å². The molecule has 0 aliphatic rings. The van der Waals surface area contributed by atoms with Gasteiger partial charge in [0.1, 0.15) is 5.76 Å². The first-order chi connectivity index (χ1) is 14.0. The molecule has 0 spiro atoms. The van der Waals surface area contributed by atoms with Crippen LogP contribution in [0.3, 0.4) is 0 Å². The van der Waals surface area contributed by atoms with Crippen LogP contribution in [0.15, 0.2) is 71.3 Å². The maximum absolute atomic E-state index is 13.1. The van der Waals surface area contributed by atoms with E-state index >= 15 is 0 Å². The van der Waals surface area contributed by atoms with E-state index in [2.05, 4.69) is 0 Å². The summed E-state index contributed by atoms with van der Waals surface area (Å²) in [5.74, 6) is -0.644. The lowest BCUT2D eigenvalue weighted by Gasteiger charge is -2.23. The summed E-state index contributed by atoms with van der Waals surface area (Å²) in [4.78, 5) is 14.1. The van der Waals surface area contributed by atoms with Crippen LogP contribution in [0, 0.1) is 0 Å². The van der Waals surface area contributed by atoms with Crippen LogP contribution in [-0.2, 0) is 25.4 Å². The van der Waals surface area contributed by atoms with Gasteiger partial charge in [-0.3, -0.25) is 4.79 Å². The van der Waals surface area contributed by atoms with Crippen molar-refractivity contribution in [2.24, 2.45) is 0 Å². The molecule has 0 radical (unpaired) electrons. The van der Waals surface area contributed by atoms with Gasteiger partial charge in [-0.05, 0) is 35.9 Å². The fraction of sp³-hybridized carbons (Fsp3) is 0.190. The second-order valence-corrected chi connectivity index (χ2v) is 6.52. The van der Waals surface area contributed by atoms with Crippen molar-refractivity contribution in [1.29, 1.82) is 0 Å². The molecule has 0 N–H and O–H groups in total. The van der Waals surface area contributed by atoms with Gasteiger partial charge in [0, 0.05) is 12.1 Å². The summed E-state index contributed by atoms with van der Waals surface area (Å²) in [7, 11) is 0. The molecule has 1 heterocycles. The van der Waals surface area contributed by atoms with E-state index in [1.165, 1.54) is 6.26 Å². The van der Waals surface area contributed by atoms with Crippen LogP contribution >= 0.6 is 0 Å². The topological polar surface area (TPSA) is 33.5 Å². The molecule has 0 bridgehead atoms. The second kappa shape index (κ2) is 8.25. The fourth-order valence-corrected chi connectivity index (χ4v) is 2.85. The van der Waals surface area contributed by atoms with Crippen LogP contribution in [0.2, 0.25) is 0 Å². The van der Waals surface area contributed by atoms with E-state index in [9.17, 15) is 31.1 Å². The lowest BCUT2D eigenvalue weighted by atomic mass is 10.0. The Morgan fingerprint density at radius 3 is 1.90 bits per heavy atom. The van der Waals surface area contributed by atoms with E-state index in [4.69, 9.17) is 4.42 Å². The third-order valence-corrected chi connectivity index (χ3v) is 4.26. The number of benzene rings is 2. The normalized spacial score (nSPS) is 12.1. The number of halogens is 6. The van der Waals surface area contributed by atoms with Crippen LogP contribution in [0.25, 0.3) is 0 Å². The van der Waals surface area contributed by atoms with Crippen molar-refractivity contribution in [2.75, 3.05) is 0 Å². The zero-order chi connectivity index (χ0) is 21.9. The zero-order valence-corrected chi connectivity index (χ0v) is 15.3. The average Bonchev–Trinajstić information content (AvgIpc) is 3.19. The van der Waals surface area contributed by atoms with Crippen molar-refractivity contribution in [3.63, 3.8) is 0 Å². The van der Waals surface area contributed by atoms with Gasteiger partial charge in [-0.1, -0.05) is 30.3 Å². The van der Waals surface area contributed by atoms with Crippen molar-refractivity contribution < 1.29 is 35.6 Å². The largest absolute Gasteiger partial charge is 0.467 e. The summed E-state index contributed by atoms with van der Waals surface area (Å²) in [5.41, 5.74) is -3.14. The lowest BCUT2D eigenvalue weighted by Crippen LogP contribution is -2.30. The highest BCUT2D eigenvalue weighted by Gasteiger charge is 2.38. The molecule has 158 valence electrons. The number of nitrogens with zero attached hydrogens (tertiary/aromatic N) is 1. The highest BCUT2D eigenvalue weighted by molar-refractivity contribution is 5.94. The van der Waals surface area contributed by atoms with E-state index in [1.54, 1.807) is 42.5 Å². The number of amides is 1. The molecule has 1 aromatic heterocycles. The number of furan rings is 1. The third kappa shape index (κ3) is 5.22. The molecule has 0 saturated carbocycles. The van der Waals surface area contributed by atoms with Crippen LogP contribution < -0.4 is 0 Å². The van der Waals surface area contributed by atoms with E-state index in [-0.39, 0.29) is 19.2 Å². The number of rotatable bonds is 5. The molecule has 0 fully saturated rings. The zero-order valence-electron chi connectivity index (χ0n) is 15.3. The van der Waals surface area contributed by atoms with Crippen molar-refractivity contribution in [3.05, 3.63) is 94.9 Å². The summed E-state index contributed by atoms with van der Waals surface area (Å²) >= 11 is 0. The second-order valence-electron chi connectivity index (χ2n) is 6.52. The molecular formula is C21H15F6NO2. The SMILES string of the molecule is O=C(c1cc(C(F)(F)F)cc(C(F)(F)F)c1)N(Cc1ccccc1)Cc1ccco1. The van der Waals surface area contributed by atoms with Crippen molar-refractivity contribution >= 4 is 5.91 Å². The van der Waals surface area contributed by atoms with Gasteiger partial charge < -0.3 is 9.32 Å². The Balaban J connectivity index is 2.02. The van der Waals surface area contributed by atoms with Crippen molar-refractivity contribution in [2.45, 2.75) is 25.4 Å². The van der Waals surface area contributed by atoms with Gasteiger partial charge in [0.15, 0.2) is 0 Å². The minimum absolute atomic E-state index is 0.00908. The first kappa shape index (κ1) is 21.5. The molecule has 0 saturated heterocycles. The standard InChI is InChI=1S/C21H15F6NO2/c22-20(23,24)16-9-15(10-17(11-16)21(25,26)27)19(29)28(13-18-7-4-8-30-18)12-14-5-2-1-3-6-14/h1-11H,12-13H2. The van der Waals surface area contributed by atoms with Gasteiger partial charge in [0.25, 0.3) is 5.91 Å². The van der Waals surface area contributed by atoms with Crippen molar-refractivity contribution in [1.82, 2.24) is 4.90 Å². The molecule has 0 atom stereocenters. The number of carbonyl (C=O) groups is 1. The molecule has 0 aliphatic heterocycles. The van der Waals surface area contributed by atoms with Crippen LogP contribution in [0.1, 0.15) is 32.8 Å². The first-order valence-corrected chi connectivity index (χ1v) is 8.69. The maximum atomic E-state index is 13.1. The summed E-state index contributed by atoms with van der Waals surface area (Å²) in [6.07, 6.45) is -8.73. The number of carbonyl (C=O) groups excluding carboxylic acids is 1. The summed E-state index contributed by atoms with van der Waals surface area (Å²) in [5, 5.41) is 0. The third-order valence-electron chi connectivity index (χ3n) is 4.26. The molecule has 0 unspecified atom stereocenters. The number of alkyl halides is 6. The first-order valence-electron chi connectivity index (χ1n) is 8.69. The van der Waals surface area contributed by atoms with Gasteiger partial charge >= 0.3 is 12.4 Å². The quantitative estimate of drug-likeness (QED) is 0.457. The molecular weight excluding hydrogens is 412 g/mol. The summed E-state index contributed by atoms with van der Waals surface area (Å²) in [6.45, 7) is -0.156. The van der Waals surface area contributed by atoms with Crippen LogP contribution in [0.5, 0.6) is 0 Å². The minimum atomic E-state index is -5.04. The van der Waals surface area contributed by atoms with Gasteiger partial charge in [-0.25, -0.2) is 0 Å². The fourth-order valence-electron chi connectivity index (χ4n) is 2.85. The Morgan fingerprint density at radius 1 is 0.800 bits per heavy atom. The van der Waals surface area contributed by atoms with Gasteiger partial charge in [-0.15, -0.1) is 0 Å². The Bertz CT molecular complexity index is 962. The van der Waals surface area contributed by atoms with Gasteiger partial charge in [-0.2, -0.15) is 26.3 Å². The monoisotopic (exact) mass is 427 g/mol. The molecule has 3 aromatic rings. The molecule has 1 amide bonds. The molecule has 0 aliphatic carbocycles. The predicted octanol–water partition coefficient (Wildman–Crippen LogP) is 6.16. The Kier molecular flexibility index (Phi) is 5.91. The number of hydrogen-bond donors (Lipinski definition) is 0. The molecule has 9 heteroatoms. The van der Waals surface area contributed by atoms with Crippen LogP contribution in [0.4, 0.5) is 26.3 Å². The average molecular weight is 427 g/mol. The lowest BCUT2D eigenvalue weighted by molar-refractivity contribution is -0.143. The van der Waals surface area contributed by atoms with E-state index in [0.717, 1.165) is 4.90 Å². The molecule has 3 nitrogen and oxygen atoms in total. The maximum Gasteiger partial charge on any atom is 0.416 e. The summed E-state index contributed by atoms with van der Waals surface area (Å²) < 4.78 is 84.1. The van der Waals surface area contributed by atoms with E-state index < -0.39 is 35.0 Å². The van der Waals surface area contributed by atoms with E-state index in [1.807, 2.05) is 0 Å². The Morgan fingerprint density at radius 2 is 1.40 bits per heavy atom. The number of hydrogen-bond acceptors (Lipinski definition) is 2. The smallest absolute Gasteiger partial charge is 0.416 e. The molecule has 30 heavy (non-hydrogen) atoms. The summed E-state index contributed by atoms with van der Waals surface area (Å²) in [6, 6.07) is 12.5. The Hall–Kier alpha value is -3.23. The van der Waals surface area contributed by atoms with Crippen molar-refractivity contribution in [3.8, 4) is 0 Å². The highest BCUT2D eigenvalue weighted by Crippen LogP contribution is 2.36. The Labute approximate surface area is 167 Å². The minimum Gasteiger partial charge on any atom is -0.467 e. The molecule has 3 rings (SSSR count). The highest BCUT2D eigenvalue weighted by atomic mass is 19.4. The van der Waals surface area contributed by atoms with E-state index in [0.29, 0.717) is 23.5 Å². The predicted molar refractivity (Wildman–Crippen MR) is 95.2 cm³/mol. The molecule has 2 aromatic carbocycles. The van der Waals surface area contributed by atoms with Gasteiger partial charge in [0.2, 0.25) is 0 Å².